The Hall–Kier alpha value is -1.35. The average molecular weight is 232 g/mol. The van der Waals surface area contributed by atoms with Crippen LogP contribution >= 0.6 is 11.3 Å². The summed E-state index contributed by atoms with van der Waals surface area (Å²) in [5, 5.41) is 2.79. The van der Waals surface area contributed by atoms with Crippen LogP contribution < -0.4 is 4.74 Å². The van der Waals surface area contributed by atoms with E-state index in [-0.39, 0.29) is 0 Å². The van der Waals surface area contributed by atoms with Crippen molar-refractivity contribution >= 4 is 11.3 Å². The van der Waals surface area contributed by atoms with E-state index in [1.54, 1.807) is 11.3 Å². The molecule has 0 fully saturated rings. The Morgan fingerprint density at radius 1 is 1.25 bits per heavy atom. The summed E-state index contributed by atoms with van der Waals surface area (Å²) in [5.41, 5.74) is 3.86. The van der Waals surface area contributed by atoms with Crippen LogP contribution in [0.2, 0.25) is 0 Å². The van der Waals surface area contributed by atoms with Gasteiger partial charge in [0, 0.05) is 5.38 Å². The largest absolute Gasteiger partial charge is 0.486 e. The molecule has 0 spiro atoms. The van der Waals surface area contributed by atoms with E-state index in [2.05, 4.69) is 44.1 Å². The maximum atomic E-state index is 5.69. The highest BCUT2D eigenvalue weighted by Gasteiger charge is 2.03. The van der Waals surface area contributed by atoms with Crippen molar-refractivity contribution in [2.24, 2.45) is 0 Å². The fourth-order valence-electron chi connectivity index (χ4n) is 1.51. The van der Waals surface area contributed by atoms with Crippen LogP contribution in [-0.4, -0.2) is 4.98 Å². The van der Waals surface area contributed by atoms with Gasteiger partial charge in [-0.15, -0.1) is 11.3 Å². The molecule has 0 aliphatic carbocycles. The molecule has 83 valence electrons. The molecule has 0 unspecified atom stereocenters. The number of thiazole rings is 1. The highest BCUT2D eigenvalue weighted by molar-refractivity contribution is 7.09. The summed E-state index contributed by atoms with van der Waals surface area (Å²) in [6.07, 6.45) is 2.79. The van der Waals surface area contributed by atoms with Gasteiger partial charge in [-0.05, 0) is 49.6 Å². The molecule has 2 rings (SSSR count). The van der Waals surface area contributed by atoms with Crippen LogP contribution in [0.4, 0.5) is 0 Å². The predicted molar refractivity (Wildman–Crippen MR) is 65.9 cm³/mol. The van der Waals surface area contributed by atoms with E-state index >= 15 is 0 Å². The summed E-state index contributed by atoms with van der Waals surface area (Å²) in [6, 6.07) is 4.14. The summed E-state index contributed by atoms with van der Waals surface area (Å²) in [7, 11) is 0. The summed E-state index contributed by atoms with van der Waals surface area (Å²) < 4.78 is 5.69. The van der Waals surface area contributed by atoms with Crippen molar-refractivity contribution in [3.05, 3.63) is 45.4 Å². The first-order chi connectivity index (χ1) is 7.66. The standard InChI is InChI=1S/C13H14NOS/c1-9-6-12(7-10(2)11(9)3)15-8-13-14-4-5-16-13/h5-7H,8H2,1-3H3. The highest BCUT2D eigenvalue weighted by Crippen LogP contribution is 2.22. The van der Waals surface area contributed by atoms with Gasteiger partial charge in [-0.25, -0.2) is 4.98 Å². The lowest BCUT2D eigenvalue weighted by molar-refractivity contribution is 0.305. The molecule has 0 aliphatic rings. The SMILES string of the molecule is Cc1cc(OCc2n[c]cs2)cc(C)c1C. The lowest BCUT2D eigenvalue weighted by atomic mass is 10.0. The summed E-state index contributed by atoms with van der Waals surface area (Å²) >= 11 is 1.56. The molecular formula is C13H14NOS. The van der Waals surface area contributed by atoms with Crippen molar-refractivity contribution in [3.8, 4) is 5.75 Å². The van der Waals surface area contributed by atoms with Gasteiger partial charge < -0.3 is 4.74 Å². The van der Waals surface area contributed by atoms with E-state index in [4.69, 9.17) is 4.74 Å². The van der Waals surface area contributed by atoms with E-state index in [1.165, 1.54) is 16.7 Å². The minimum absolute atomic E-state index is 0.524. The number of ether oxygens (including phenoxy) is 1. The fourth-order valence-corrected chi connectivity index (χ4v) is 1.98. The Kier molecular flexibility index (Phi) is 3.25. The zero-order chi connectivity index (χ0) is 11.5. The third-order valence-corrected chi connectivity index (χ3v) is 3.40. The molecule has 1 aromatic heterocycles. The minimum atomic E-state index is 0.524. The van der Waals surface area contributed by atoms with Crippen LogP contribution in [0.15, 0.2) is 17.5 Å². The molecule has 0 N–H and O–H groups in total. The van der Waals surface area contributed by atoms with Gasteiger partial charge in [0.05, 0.1) is 0 Å². The van der Waals surface area contributed by atoms with Gasteiger partial charge >= 0.3 is 0 Å². The zero-order valence-corrected chi connectivity index (χ0v) is 10.5. The quantitative estimate of drug-likeness (QED) is 0.808. The Bertz CT molecular complexity index is 454. The van der Waals surface area contributed by atoms with Crippen molar-refractivity contribution in [1.82, 2.24) is 4.98 Å². The van der Waals surface area contributed by atoms with Crippen molar-refractivity contribution in [2.45, 2.75) is 27.4 Å². The normalized spacial score (nSPS) is 10.4. The van der Waals surface area contributed by atoms with E-state index in [0.29, 0.717) is 6.61 Å². The number of hydrogen-bond donors (Lipinski definition) is 0. The van der Waals surface area contributed by atoms with Gasteiger partial charge in [-0.1, -0.05) is 0 Å². The number of nitrogens with zero attached hydrogens (tertiary/aromatic N) is 1. The summed E-state index contributed by atoms with van der Waals surface area (Å²) in [6.45, 7) is 6.86. The molecule has 1 heterocycles. The van der Waals surface area contributed by atoms with Gasteiger partial charge in [-0.3, -0.25) is 0 Å². The first kappa shape index (κ1) is 11.1. The Morgan fingerprint density at radius 3 is 2.50 bits per heavy atom. The number of benzene rings is 1. The Morgan fingerprint density at radius 2 is 1.94 bits per heavy atom. The van der Waals surface area contributed by atoms with E-state index in [0.717, 1.165) is 10.8 Å². The van der Waals surface area contributed by atoms with Gasteiger partial charge in [0.2, 0.25) is 0 Å². The predicted octanol–water partition coefficient (Wildman–Crippen LogP) is 3.45. The Labute approximate surface area is 99.9 Å². The topological polar surface area (TPSA) is 22.1 Å². The van der Waals surface area contributed by atoms with E-state index in [1.807, 2.05) is 5.38 Å². The third kappa shape index (κ3) is 2.42. The zero-order valence-electron chi connectivity index (χ0n) is 9.70. The molecule has 2 aromatic rings. The van der Waals surface area contributed by atoms with Crippen molar-refractivity contribution in [3.63, 3.8) is 0 Å². The van der Waals surface area contributed by atoms with E-state index < -0.39 is 0 Å². The molecule has 0 aliphatic heterocycles. The first-order valence-electron chi connectivity index (χ1n) is 5.18. The number of rotatable bonds is 3. The number of aryl methyl sites for hydroxylation is 2. The third-order valence-electron chi connectivity index (χ3n) is 2.70. The van der Waals surface area contributed by atoms with Crippen molar-refractivity contribution < 1.29 is 4.74 Å². The van der Waals surface area contributed by atoms with Crippen LogP contribution in [0.25, 0.3) is 0 Å². The molecule has 0 saturated carbocycles. The molecular weight excluding hydrogens is 218 g/mol. The molecule has 3 heteroatoms. The number of aromatic nitrogens is 1. The summed E-state index contributed by atoms with van der Waals surface area (Å²) in [5.74, 6) is 0.913. The highest BCUT2D eigenvalue weighted by atomic mass is 32.1. The Balaban J connectivity index is 2.10. The van der Waals surface area contributed by atoms with Gasteiger partial charge in [-0.2, -0.15) is 0 Å². The second-order valence-electron chi connectivity index (χ2n) is 3.84. The lowest BCUT2D eigenvalue weighted by Gasteiger charge is -2.09. The lowest BCUT2D eigenvalue weighted by Crippen LogP contribution is -1.96. The second-order valence-corrected chi connectivity index (χ2v) is 4.78. The average Bonchev–Trinajstić information content (AvgIpc) is 2.75. The maximum Gasteiger partial charge on any atom is 0.140 e. The van der Waals surface area contributed by atoms with Crippen LogP contribution in [0.3, 0.4) is 0 Å². The molecule has 1 radical (unpaired) electrons. The molecule has 2 nitrogen and oxygen atoms in total. The summed E-state index contributed by atoms with van der Waals surface area (Å²) in [4.78, 5) is 4.06. The number of hydrogen-bond acceptors (Lipinski definition) is 3. The maximum absolute atomic E-state index is 5.69. The molecule has 0 amide bonds. The van der Waals surface area contributed by atoms with Gasteiger partial charge in [0.25, 0.3) is 0 Å². The minimum Gasteiger partial charge on any atom is -0.486 e. The molecule has 16 heavy (non-hydrogen) atoms. The van der Waals surface area contributed by atoms with Gasteiger partial charge in [0.15, 0.2) is 0 Å². The van der Waals surface area contributed by atoms with Crippen LogP contribution in [0.1, 0.15) is 21.7 Å². The van der Waals surface area contributed by atoms with Gasteiger partial charge in [0.1, 0.15) is 23.6 Å². The molecule has 1 aromatic carbocycles. The van der Waals surface area contributed by atoms with Crippen molar-refractivity contribution in [1.29, 1.82) is 0 Å². The van der Waals surface area contributed by atoms with Crippen LogP contribution in [0, 0.1) is 27.0 Å². The van der Waals surface area contributed by atoms with Crippen LogP contribution in [0.5, 0.6) is 5.75 Å². The smallest absolute Gasteiger partial charge is 0.140 e. The second kappa shape index (κ2) is 4.66. The molecule has 0 saturated heterocycles. The van der Waals surface area contributed by atoms with Crippen LogP contribution in [-0.2, 0) is 6.61 Å². The van der Waals surface area contributed by atoms with Crippen molar-refractivity contribution in [2.75, 3.05) is 0 Å². The first-order valence-corrected chi connectivity index (χ1v) is 6.06. The molecule has 0 atom stereocenters. The van der Waals surface area contributed by atoms with E-state index in [9.17, 15) is 0 Å². The monoisotopic (exact) mass is 232 g/mol. The fraction of sp³-hybridized carbons (Fsp3) is 0.308. The molecule has 0 bridgehead atoms.